The molecule has 0 atom stereocenters. The molecule has 1 heterocycles. The highest BCUT2D eigenvalue weighted by Crippen LogP contribution is 2.14. The molecule has 7 heteroatoms. The molecular formula is C24H31N4O3+. The summed E-state index contributed by atoms with van der Waals surface area (Å²) in [5.74, 6) is -0.612. The van der Waals surface area contributed by atoms with Crippen molar-refractivity contribution < 1.29 is 19.2 Å². The van der Waals surface area contributed by atoms with E-state index in [1.807, 2.05) is 49.3 Å². The van der Waals surface area contributed by atoms with E-state index in [4.69, 9.17) is 4.74 Å². The number of carbonyl (C=O) groups is 2. The third-order valence-electron chi connectivity index (χ3n) is 5.21. The van der Waals surface area contributed by atoms with Crippen molar-refractivity contribution in [2.45, 2.75) is 0 Å². The van der Waals surface area contributed by atoms with Crippen LogP contribution in [0.25, 0.3) is 6.08 Å². The van der Waals surface area contributed by atoms with Crippen LogP contribution >= 0.6 is 0 Å². The fourth-order valence-electron chi connectivity index (χ4n) is 3.34. The Kier molecular flexibility index (Phi) is 8.20. The predicted molar refractivity (Wildman–Crippen MR) is 122 cm³/mol. The minimum atomic E-state index is -0.314. The number of anilines is 1. The molecule has 2 aromatic carbocycles. The van der Waals surface area contributed by atoms with E-state index in [9.17, 15) is 9.59 Å². The molecule has 0 radical (unpaired) electrons. The molecule has 1 fully saturated rings. The van der Waals surface area contributed by atoms with Crippen LogP contribution in [0.4, 0.5) is 5.69 Å². The van der Waals surface area contributed by atoms with E-state index in [1.54, 1.807) is 30.3 Å². The van der Waals surface area contributed by atoms with Crippen LogP contribution < -0.4 is 20.4 Å². The zero-order chi connectivity index (χ0) is 22.1. The van der Waals surface area contributed by atoms with E-state index in [0.29, 0.717) is 12.1 Å². The van der Waals surface area contributed by atoms with Gasteiger partial charge >= 0.3 is 0 Å². The van der Waals surface area contributed by atoms with E-state index in [-0.39, 0.29) is 17.5 Å². The molecule has 1 aliphatic rings. The molecule has 31 heavy (non-hydrogen) atoms. The van der Waals surface area contributed by atoms with Gasteiger partial charge < -0.3 is 25.2 Å². The molecule has 7 nitrogen and oxygen atoms in total. The molecule has 1 saturated heterocycles. The summed E-state index contributed by atoms with van der Waals surface area (Å²) in [5.41, 5.74) is 2.62. The smallest absolute Gasteiger partial charge is 0.268 e. The Morgan fingerprint density at radius 1 is 1.03 bits per heavy atom. The number of hydrogen-bond donors (Lipinski definition) is 3. The molecule has 3 N–H and O–H groups in total. The van der Waals surface area contributed by atoms with Gasteiger partial charge in [-0.25, -0.2) is 0 Å². The third-order valence-corrected chi connectivity index (χ3v) is 5.21. The summed E-state index contributed by atoms with van der Waals surface area (Å²) in [6, 6.07) is 16.7. The first-order chi connectivity index (χ1) is 15.0. The number of hydrogen-bond acceptors (Lipinski definition) is 4. The summed E-state index contributed by atoms with van der Waals surface area (Å²) in [4.78, 5) is 29.0. The number of nitrogens with zero attached hydrogens (tertiary/aromatic N) is 1. The van der Waals surface area contributed by atoms with Crippen LogP contribution in [0, 0.1) is 0 Å². The van der Waals surface area contributed by atoms with E-state index in [2.05, 4.69) is 10.6 Å². The topological polar surface area (TPSA) is 75.1 Å². The molecule has 2 aromatic rings. The molecule has 164 valence electrons. The fraction of sp³-hybridized carbons (Fsp3) is 0.333. The van der Waals surface area contributed by atoms with Gasteiger partial charge in [0.25, 0.3) is 11.8 Å². The molecular weight excluding hydrogens is 392 g/mol. The number of rotatable bonds is 8. The molecule has 0 aromatic heterocycles. The lowest BCUT2D eigenvalue weighted by Crippen LogP contribution is -3.14. The highest BCUT2D eigenvalue weighted by Gasteiger charge is 2.17. The van der Waals surface area contributed by atoms with E-state index in [0.717, 1.165) is 44.1 Å². The second kappa shape index (κ2) is 11.3. The quantitative estimate of drug-likeness (QED) is 0.543. The maximum Gasteiger partial charge on any atom is 0.268 e. The number of ether oxygens (including phenoxy) is 1. The number of carbonyl (C=O) groups excluding carboxylic acids is 2. The van der Waals surface area contributed by atoms with Crippen LogP contribution in [-0.4, -0.2) is 65.3 Å². The Labute approximate surface area is 183 Å². The highest BCUT2D eigenvalue weighted by atomic mass is 16.5. The van der Waals surface area contributed by atoms with E-state index in [1.165, 1.54) is 4.90 Å². The molecule has 0 saturated carbocycles. The van der Waals surface area contributed by atoms with Crippen LogP contribution in [0.2, 0.25) is 0 Å². The Hall–Kier alpha value is -3.16. The second-order valence-electron chi connectivity index (χ2n) is 7.73. The van der Waals surface area contributed by atoms with Gasteiger partial charge in [0.2, 0.25) is 0 Å². The summed E-state index contributed by atoms with van der Waals surface area (Å²) < 4.78 is 5.37. The van der Waals surface area contributed by atoms with Gasteiger partial charge in [-0.15, -0.1) is 0 Å². The van der Waals surface area contributed by atoms with Gasteiger partial charge in [0.15, 0.2) is 0 Å². The minimum absolute atomic E-state index is 0.225. The summed E-state index contributed by atoms with van der Waals surface area (Å²) in [7, 11) is 3.94. The standard InChI is InChI=1S/C24H30N4O3/c1-27(2)21-10-8-19(9-11-21)18-22(26-23(29)20-6-4-3-5-7-20)24(30)25-12-13-28-14-16-31-17-15-28/h3-11,18H,12-17H2,1-2H3,(H,25,30)(H,26,29)/p+1/b22-18+. The summed E-state index contributed by atoms with van der Waals surface area (Å²) >= 11 is 0. The molecule has 0 spiro atoms. The van der Waals surface area contributed by atoms with Gasteiger partial charge in [0.05, 0.1) is 26.3 Å². The number of morpholine rings is 1. The number of benzene rings is 2. The average Bonchev–Trinajstić information content (AvgIpc) is 2.80. The van der Waals surface area contributed by atoms with Gasteiger partial charge in [-0.3, -0.25) is 9.59 Å². The fourth-order valence-corrected chi connectivity index (χ4v) is 3.34. The van der Waals surface area contributed by atoms with Crippen molar-refractivity contribution in [2.75, 3.05) is 58.4 Å². The van der Waals surface area contributed by atoms with Crippen molar-refractivity contribution in [3.8, 4) is 0 Å². The van der Waals surface area contributed by atoms with E-state index < -0.39 is 0 Å². The number of nitrogens with one attached hydrogen (secondary N) is 3. The SMILES string of the molecule is CN(C)c1ccc(/C=C(/NC(=O)c2ccccc2)C(=O)NCC[NH+]2CCOCC2)cc1. The van der Waals surface area contributed by atoms with Crippen molar-refractivity contribution in [3.63, 3.8) is 0 Å². The van der Waals surface area contributed by atoms with Crippen molar-refractivity contribution in [2.24, 2.45) is 0 Å². The average molecular weight is 424 g/mol. The first-order valence-electron chi connectivity index (χ1n) is 10.6. The monoisotopic (exact) mass is 423 g/mol. The van der Waals surface area contributed by atoms with Crippen LogP contribution in [-0.2, 0) is 9.53 Å². The van der Waals surface area contributed by atoms with Crippen LogP contribution in [0.1, 0.15) is 15.9 Å². The summed E-state index contributed by atoms with van der Waals surface area (Å²) in [6.45, 7) is 4.76. The molecule has 3 rings (SSSR count). The van der Waals surface area contributed by atoms with Gasteiger partial charge in [-0.05, 0) is 35.9 Å². The first kappa shape index (κ1) is 22.5. The molecule has 0 bridgehead atoms. The Morgan fingerprint density at radius 3 is 2.35 bits per heavy atom. The minimum Gasteiger partial charge on any atom is -0.378 e. The van der Waals surface area contributed by atoms with Crippen molar-refractivity contribution in [1.29, 1.82) is 0 Å². The summed E-state index contributed by atoms with van der Waals surface area (Å²) in [6.07, 6.45) is 1.71. The lowest BCUT2D eigenvalue weighted by atomic mass is 10.1. The normalized spacial score (nSPS) is 14.7. The summed E-state index contributed by atoms with van der Waals surface area (Å²) in [5, 5.41) is 5.73. The van der Waals surface area contributed by atoms with Crippen molar-refractivity contribution in [1.82, 2.24) is 10.6 Å². The van der Waals surface area contributed by atoms with Crippen LogP contribution in [0.15, 0.2) is 60.3 Å². The van der Waals surface area contributed by atoms with Gasteiger partial charge in [0, 0.05) is 25.3 Å². The van der Waals surface area contributed by atoms with Crippen LogP contribution in [0.5, 0.6) is 0 Å². The maximum atomic E-state index is 12.9. The van der Waals surface area contributed by atoms with Crippen LogP contribution in [0.3, 0.4) is 0 Å². The molecule has 0 unspecified atom stereocenters. The number of amides is 2. The lowest BCUT2D eigenvalue weighted by molar-refractivity contribution is -0.906. The maximum absolute atomic E-state index is 12.9. The predicted octanol–water partition coefficient (Wildman–Crippen LogP) is 0.555. The molecule has 2 amide bonds. The largest absolute Gasteiger partial charge is 0.378 e. The van der Waals surface area contributed by atoms with Crippen molar-refractivity contribution in [3.05, 3.63) is 71.4 Å². The zero-order valence-electron chi connectivity index (χ0n) is 18.2. The Bertz CT molecular complexity index is 889. The first-order valence-corrected chi connectivity index (χ1v) is 10.6. The molecule has 0 aliphatic carbocycles. The highest BCUT2D eigenvalue weighted by molar-refractivity contribution is 6.05. The van der Waals surface area contributed by atoms with Gasteiger partial charge in [-0.1, -0.05) is 30.3 Å². The lowest BCUT2D eigenvalue weighted by Gasteiger charge is -2.23. The van der Waals surface area contributed by atoms with Crippen molar-refractivity contribution >= 4 is 23.6 Å². The van der Waals surface area contributed by atoms with Gasteiger partial charge in [0.1, 0.15) is 18.8 Å². The van der Waals surface area contributed by atoms with Gasteiger partial charge in [-0.2, -0.15) is 0 Å². The second-order valence-corrected chi connectivity index (χ2v) is 7.73. The molecule has 1 aliphatic heterocycles. The van der Waals surface area contributed by atoms with E-state index >= 15 is 0 Å². The Morgan fingerprint density at radius 2 is 1.71 bits per heavy atom. The zero-order valence-corrected chi connectivity index (χ0v) is 18.2. The Balaban J connectivity index is 1.70. The third kappa shape index (κ3) is 6.94. The number of quaternary nitrogens is 1.